The molecule has 4 fully saturated rings. The highest BCUT2D eigenvalue weighted by molar-refractivity contribution is 5.76. The predicted octanol–water partition coefficient (Wildman–Crippen LogP) is 4.60. The zero-order valence-corrected chi connectivity index (χ0v) is 17.8. The third-order valence-electron chi connectivity index (χ3n) is 8.16. The van der Waals surface area contributed by atoms with Crippen molar-refractivity contribution in [2.45, 2.75) is 85.4 Å². The molecule has 8 unspecified atom stereocenters. The van der Waals surface area contributed by atoms with Crippen molar-refractivity contribution in [3.8, 4) is 0 Å². The lowest BCUT2D eigenvalue weighted by molar-refractivity contribution is -0.169. The fourth-order valence-electron chi connectivity index (χ4n) is 6.77. The van der Waals surface area contributed by atoms with Crippen molar-refractivity contribution < 1.29 is 19.1 Å². The first-order valence-electron chi connectivity index (χ1n) is 11.0. The zero-order chi connectivity index (χ0) is 19.7. The number of hydrogen-bond donors (Lipinski definition) is 0. The van der Waals surface area contributed by atoms with E-state index in [1.807, 2.05) is 41.5 Å². The molecule has 0 aromatic carbocycles. The van der Waals surface area contributed by atoms with Crippen molar-refractivity contribution in [3.63, 3.8) is 0 Å². The van der Waals surface area contributed by atoms with Crippen molar-refractivity contribution in [2.24, 2.45) is 46.8 Å². The number of rotatable bonds is 4. The molecule has 4 rings (SSSR count). The van der Waals surface area contributed by atoms with Crippen molar-refractivity contribution in [1.82, 2.24) is 0 Å². The average molecular weight is 377 g/mol. The maximum Gasteiger partial charge on any atom is 0.311 e. The molecule has 0 amide bonds. The van der Waals surface area contributed by atoms with Crippen molar-refractivity contribution >= 4 is 11.9 Å². The first-order chi connectivity index (χ1) is 12.5. The molecule has 4 aliphatic carbocycles. The highest BCUT2D eigenvalue weighted by atomic mass is 16.6. The van der Waals surface area contributed by atoms with Gasteiger partial charge in [-0.05, 0) is 102 Å². The smallest absolute Gasteiger partial charge is 0.311 e. The number of hydrogen-bond acceptors (Lipinski definition) is 4. The van der Waals surface area contributed by atoms with Gasteiger partial charge in [-0.1, -0.05) is 6.92 Å². The van der Waals surface area contributed by atoms with Gasteiger partial charge in [0.1, 0.15) is 11.7 Å². The second-order valence-corrected chi connectivity index (χ2v) is 11.3. The number of ether oxygens (including phenoxy) is 2. The summed E-state index contributed by atoms with van der Waals surface area (Å²) in [5, 5.41) is 0. The minimum absolute atomic E-state index is 0.00288. The Morgan fingerprint density at radius 3 is 2.15 bits per heavy atom. The summed E-state index contributed by atoms with van der Waals surface area (Å²) in [5.74, 6) is 3.58. The van der Waals surface area contributed by atoms with E-state index in [9.17, 15) is 9.59 Å². The summed E-state index contributed by atoms with van der Waals surface area (Å²) in [6.07, 6.45) is 5.27. The fraction of sp³-hybridized carbons (Fsp3) is 0.913. The third-order valence-corrected chi connectivity index (χ3v) is 8.16. The van der Waals surface area contributed by atoms with E-state index in [-0.39, 0.29) is 24.0 Å². The van der Waals surface area contributed by atoms with Gasteiger partial charge < -0.3 is 9.47 Å². The molecule has 0 spiro atoms. The maximum atomic E-state index is 12.8. The highest BCUT2D eigenvalue weighted by Crippen LogP contribution is 2.69. The van der Waals surface area contributed by atoms with Crippen LogP contribution in [-0.4, -0.2) is 23.6 Å². The third kappa shape index (κ3) is 3.11. The van der Waals surface area contributed by atoms with E-state index in [0.717, 1.165) is 25.2 Å². The molecule has 0 N–H and O–H groups in total. The van der Waals surface area contributed by atoms with Crippen LogP contribution in [0.3, 0.4) is 0 Å². The number of carbonyl (C=O) groups excluding carboxylic acids is 2. The van der Waals surface area contributed by atoms with Gasteiger partial charge in [-0.25, -0.2) is 0 Å². The van der Waals surface area contributed by atoms with Crippen LogP contribution in [-0.2, 0) is 19.1 Å². The van der Waals surface area contributed by atoms with Crippen LogP contribution in [0.4, 0.5) is 0 Å². The van der Waals surface area contributed by atoms with Crippen LogP contribution in [0, 0.1) is 46.8 Å². The molecule has 4 nitrogen and oxygen atoms in total. The molecule has 4 bridgehead atoms. The van der Waals surface area contributed by atoms with E-state index in [1.165, 1.54) is 12.8 Å². The summed E-state index contributed by atoms with van der Waals surface area (Å²) >= 11 is 0. The first-order valence-corrected chi connectivity index (χ1v) is 11.0. The number of esters is 2. The molecule has 27 heavy (non-hydrogen) atoms. The Kier molecular flexibility index (Phi) is 4.44. The average Bonchev–Trinajstić information content (AvgIpc) is 3.30. The van der Waals surface area contributed by atoms with E-state index in [4.69, 9.17) is 9.47 Å². The maximum absolute atomic E-state index is 12.8. The van der Waals surface area contributed by atoms with Crippen LogP contribution >= 0.6 is 0 Å². The Bertz CT molecular complexity index is 631. The lowest BCUT2D eigenvalue weighted by Crippen LogP contribution is -2.43. The second kappa shape index (κ2) is 6.22. The monoisotopic (exact) mass is 376 g/mol. The second-order valence-electron chi connectivity index (χ2n) is 11.3. The van der Waals surface area contributed by atoms with Gasteiger partial charge in [0.05, 0.1) is 11.3 Å². The van der Waals surface area contributed by atoms with E-state index < -0.39 is 11.0 Å². The quantitative estimate of drug-likeness (QED) is 0.531. The normalized spacial score (nSPS) is 42.3. The molecule has 0 aromatic heterocycles. The fourth-order valence-corrected chi connectivity index (χ4v) is 6.77. The molecule has 0 aliphatic heterocycles. The van der Waals surface area contributed by atoms with Crippen molar-refractivity contribution in [2.75, 3.05) is 0 Å². The van der Waals surface area contributed by atoms with Gasteiger partial charge in [-0.3, -0.25) is 9.59 Å². The summed E-state index contributed by atoms with van der Waals surface area (Å²) in [5.41, 5.74) is -0.828. The zero-order valence-electron chi connectivity index (χ0n) is 17.8. The lowest BCUT2D eigenvalue weighted by atomic mass is 9.66. The standard InChI is InChI=1S/C23H36O4/c1-7-23(5,6)21(25)26-17-11-13-10-16(17)19-14-8-12(18(13)19)9-15(14)20(24)27-22(2,3)4/h12-19H,7-11H2,1-6H3. The van der Waals surface area contributed by atoms with Gasteiger partial charge in [0.15, 0.2) is 0 Å². The van der Waals surface area contributed by atoms with Gasteiger partial charge in [0.25, 0.3) is 0 Å². The van der Waals surface area contributed by atoms with Crippen LogP contribution in [0.25, 0.3) is 0 Å². The predicted molar refractivity (Wildman–Crippen MR) is 103 cm³/mol. The minimum atomic E-state index is -0.420. The number of fused-ring (bicyclic) bond motifs is 9. The van der Waals surface area contributed by atoms with Crippen LogP contribution in [0.15, 0.2) is 0 Å². The Labute approximate surface area is 163 Å². The molecule has 8 atom stereocenters. The molecule has 0 heterocycles. The lowest BCUT2D eigenvalue weighted by Gasteiger charge is -2.41. The Morgan fingerprint density at radius 2 is 1.52 bits per heavy atom. The SMILES string of the molecule is CCC(C)(C)C(=O)OC1CC2CC1C1C3CC(CC3C(=O)OC(C)(C)C)C21. The van der Waals surface area contributed by atoms with Crippen molar-refractivity contribution in [3.05, 3.63) is 0 Å². The summed E-state index contributed by atoms with van der Waals surface area (Å²) in [6, 6.07) is 0. The first kappa shape index (κ1) is 19.3. The molecule has 0 aromatic rings. The molecule has 0 radical (unpaired) electrons. The Hall–Kier alpha value is -1.06. The van der Waals surface area contributed by atoms with E-state index in [2.05, 4.69) is 0 Å². The minimum Gasteiger partial charge on any atom is -0.462 e. The van der Waals surface area contributed by atoms with Crippen LogP contribution in [0.2, 0.25) is 0 Å². The molecule has 4 heteroatoms. The van der Waals surface area contributed by atoms with E-state index in [0.29, 0.717) is 29.6 Å². The van der Waals surface area contributed by atoms with Gasteiger partial charge in [0, 0.05) is 0 Å². The molecular formula is C23H36O4. The molecule has 4 saturated carbocycles. The van der Waals surface area contributed by atoms with Gasteiger partial charge in [0.2, 0.25) is 0 Å². The molecular weight excluding hydrogens is 340 g/mol. The summed E-state index contributed by atoms with van der Waals surface area (Å²) < 4.78 is 11.8. The topological polar surface area (TPSA) is 52.6 Å². The number of carbonyl (C=O) groups is 2. The van der Waals surface area contributed by atoms with Gasteiger partial charge in [-0.15, -0.1) is 0 Å². The van der Waals surface area contributed by atoms with E-state index in [1.54, 1.807) is 0 Å². The Morgan fingerprint density at radius 1 is 0.889 bits per heavy atom. The highest BCUT2D eigenvalue weighted by Gasteiger charge is 2.66. The molecule has 0 saturated heterocycles. The van der Waals surface area contributed by atoms with Crippen LogP contribution < -0.4 is 0 Å². The Balaban J connectivity index is 1.46. The van der Waals surface area contributed by atoms with E-state index >= 15 is 0 Å². The summed E-state index contributed by atoms with van der Waals surface area (Å²) in [4.78, 5) is 25.4. The molecule has 152 valence electrons. The largest absolute Gasteiger partial charge is 0.462 e. The van der Waals surface area contributed by atoms with Crippen molar-refractivity contribution in [1.29, 1.82) is 0 Å². The van der Waals surface area contributed by atoms with Crippen LogP contribution in [0.1, 0.15) is 73.6 Å². The summed E-state index contributed by atoms with van der Waals surface area (Å²) in [7, 11) is 0. The van der Waals surface area contributed by atoms with Gasteiger partial charge >= 0.3 is 11.9 Å². The molecule has 4 aliphatic rings. The van der Waals surface area contributed by atoms with Gasteiger partial charge in [-0.2, -0.15) is 0 Å². The summed E-state index contributed by atoms with van der Waals surface area (Å²) in [6.45, 7) is 11.8. The van der Waals surface area contributed by atoms with Crippen LogP contribution in [0.5, 0.6) is 0 Å².